The minimum atomic E-state index is -0.0663. The average molecular weight is 299 g/mol. The van der Waals surface area contributed by atoms with E-state index in [1.54, 1.807) is 6.07 Å². The lowest BCUT2D eigenvalue weighted by molar-refractivity contribution is -0.120. The molecule has 1 amide bonds. The van der Waals surface area contributed by atoms with Gasteiger partial charge in [-0.15, -0.1) is 0 Å². The molecule has 2 aromatic rings. The zero-order chi connectivity index (χ0) is 15.4. The maximum absolute atomic E-state index is 12.2. The van der Waals surface area contributed by atoms with Gasteiger partial charge in [-0.05, 0) is 25.9 Å². The molecule has 0 aliphatic carbocycles. The van der Waals surface area contributed by atoms with E-state index in [9.17, 15) is 4.79 Å². The highest BCUT2D eigenvalue weighted by Crippen LogP contribution is 2.21. The van der Waals surface area contributed by atoms with Crippen LogP contribution in [0.4, 0.5) is 5.88 Å². The monoisotopic (exact) mass is 299 g/mol. The third kappa shape index (κ3) is 3.54. The number of nitrogens with zero attached hydrogens (tertiary/aromatic N) is 2. The summed E-state index contributed by atoms with van der Waals surface area (Å²) < 4.78 is 5.21. The molecule has 0 spiro atoms. The molecule has 1 atom stereocenters. The van der Waals surface area contributed by atoms with E-state index in [-0.39, 0.29) is 11.8 Å². The molecule has 1 aromatic heterocycles. The number of amides is 1. The van der Waals surface area contributed by atoms with Crippen molar-refractivity contribution in [2.24, 2.45) is 5.92 Å². The van der Waals surface area contributed by atoms with E-state index >= 15 is 0 Å². The second kappa shape index (κ2) is 6.75. The fraction of sp³-hybridized carbons (Fsp3) is 0.412. The molecule has 0 bridgehead atoms. The van der Waals surface area contributed by atoms with Crippen LogP contribution < -0.4 is 5.32 Å². The number of benzene rings is 1. The van der Waals surface area contributed by atoms with Crippen LogP contribution in [0.1, 0.15) is 19.8 Å². The maximum atomic E-state index is 12.2. The van der Waals surface area contributed by atoms with Crippen molar-refractivity contribution in [3.05, 3.63) is 36.4 Å². The van der Waals surface area contributed by atoms with Gasteiger partial charge in [0, 0.05) is 24.1 Å². The first kappa shape index (κ1) is 14.8. The predicted octanol–water partition coefficient (Wildman–Crippen LogP) is 3.01. The molecule has 1 fully saturated rings. The van der Waals surface area contributed by atoms with Crippen LogP contribution in [0.5, 0.6) is 0 Å². The van der Waals surface area contributed by atoms with Gasteiger partial charge in [0.15, 0.2) is 0 Å². The van der Waals surface area contributed by atoms with Crippen molar-refractivity contribution in [3.63, 3.8) is 0 Å². The Balaban J connectivity index is 1.58. The summed E-state index contributed by atoms with van der Waals surface area (Å²) in [6.07, 6.45) is 2.47. The van der Waals surface area contributed by atoms with Gasteiger partial charge in [0.05, 0.1) is 0 Å². The smallest absolute Gasteiger partial charge is 0.231 e. The Morgan fingerprint density at radius 3 is 2.77 bits per heavy atom. The van der Waals surface area contributed by atoms with Crippen LogP contribution >= 0.6 is 0 Å². The zero-order valence-electron chi connectivity index (χ0n) is 12.8. The number of hydrogen-bond donors (Lipinski definition) is 1. The van der Waals surface area contributed by atoms with E-state index in [4.69, 9.17) is 4.52 Å². The molecular weight excluding hydrogens is 278 g/mol. The van der Waals surface area contributed by atoms with Gasteiger partial charge in [-0.3, -0.25) is 10.1 Å². The van der Waals surface area contributed by atoms with Crippen LogP contribution in [0.15, 0.2) is 40.9 Å². The van der Waals surface area contributed by atoms with Gasteiger partial charge in [-0.2, -0.15) is 0 Å². The van der Waals surface area contributed by atoms with Crippen LogP contribution in [-0.4, -0.2) is 35.6 Å². The van der Waals surface area contributed by atoms with Gasteiger partial charge < -0.3 is 9.42 Å². The summed E-state index contributed by atoms with van der Waals surface area (Å²) in [7, 11) is 0. The van der Waals surface area contributed by atoms with E-state index in [1.807, 2.05) is 37.3 Å². The molecule has 1 aromatic carbocycles. The molecule has 1 unspecified atom stereocenters. The van der Waals surface area contributed by atoms with E-state index in [0.29, 0.717) is 5.88 Å². The third-order valence-electron chi connectivity index (χ3n) is 4.00. The highest BCUT2D eigenvalue weighted by atomic mass is 16.5. The summed E-state index contributed by atoms with van der Waals surface area (Å²) >= 11 is 0. The number of likely N-dealkylation sites (tertiary alicyclic amines) is 1. The van der Waals surface area contributed by atoms with E-state index in [1.165, 1.54) is 12.8 Å². The highest BCUT2D eigenvalue weighted by Gasteiger charge is 2.20. The summed E-state index contributed by atoms with van der Waals surface area (Å²) in [6, 6.07) is 11.5. The van der Waals surface area contributed by atoms with Crippen LogP contribution in [0, 0.1) is 5.92 Å². The van der Waals surface area contributed by atoms with E-state index in [0.717, 1.165) is 30.9 Å². The van der Waals surface area contributed by atoms with Crippen LogP contribution in [0.3, 0.4) is 0 Å². The largest absolute Gasteiger partial charge is 0.338 e. The Morgan fingerprint density at radius 2 is 2.05 bits per heavy atom. The lowest BCUT2D eigenvalue weighted by Crippen LogP contribution is -2.32. The fourth-order valence-corrected chi connectivity index (χ4v) is 2.76. The van der Waals surface area contributed by atoms with Gasteiger partial charge in [-0.1, -0.05) is 42.4 Å². The first-order valence-corrected chi connectivity index (χ1v) is 7.78. The Kier molecular flexibility index (Phi) is 4.53. The first-order valence-electron chi connectivity index (χ1n) is 7.78. The summed E-state index contributed by atoms with van der Waals surface area (Å²) in [4.78, 5) is 14.6. The van der Waals surface area contributed by atoms with Gasteiger partial charge in [0.2, 0.25) is 11.8 Å². The second-order valence-electron chi connectivity index (χ2n) is 5.84. The Hall–Kier alpha value is -2.14. The molecule has 2 heterocycles. The van der Waals surface area contributed by atoms with E-state index < -0.39 is 0 Å². The normalized spacial score (nSPS) is 16.6. The minimum absolute atomic E-state index is 0.0253. The Morgan fingerprint density at radius 1 is 1.32 bits per heavy atom. The number of nitrogens with one attached hydrogen (secondary N) is 1. The predicted molar refractivity (Wildman–Crippen MR) is 85.4 cm³/mol. The van der Waals surface area contributed by atoms with Crippen molar-refractivity contribution in [1.82, 2.24) is 10.1 Å². The van der Waals surface area contributed by atoms with Crippen molar-refractivity contribution in [2.45, 2.75) is 19.8 Å². The molecule has 1 aliphatic heterocycles. The molecule has 1 aliphatic rings. The van der Waals surface area contributed by atoms with E-state index in [2.05, 4.69) is 15.4 Å². The van der Waals surface area contributed by atoms with Gasteiger partial charge >= 0.3 is 0 Å². The van der Waals surface area contributed by atoms with Crippen molar-refractivity contribution >= 4 is 11.8 Å². The SMILES string of the molecule is CC(CN1CCCC1)C(=O)Nc1cc(-c2ccccc2)no1. The lowest BCUT2D eigenvalue weighted by Gasteiger charge is -2.18. The number of carbonyl (C=O) groups excluding carboxylic acids is 1. The molecule has 5 nitrogen and oxygen atoms in total. The van der Waals surface area contributed by atoms with Crippen LogP contribution in [-0.2, 0) is 4.79 Å². The van der Waals surface area contributed by atoms with Gasteiger partial charge in [-0.25, -0.2) is 0 Å². The lowest BCUT2D eigenvalue weighted by atomic mass is 10.1. The number of aromatic nitrogens is 1. The molecular formula is C17H21N3O2. The van der Waals surface area contributed by atoms with Crippen molar-refractivity contribution in [3.8, 4) is 11.3 Å². The fourth-order valence-electron chi connectivity index (χ4n) is 2.76. The molecule has 1 N–H and O–H groups in total. The Bertz CT molecular complexity index is 618. The van der Waals surface area contributed by atoms with Crippen LogP contribution in [0.25, 0.3) is 11.3 Å². The third-order valence-corrected chi connectivity index (χ3v) is 4.00. The molecule has 3 rings (SSSR count). The summed E-state index contributed by atoms with van der Waals surface area (Å²) in [6.45, 7) is 4.93. The molecule has 0 saturated carbocycles. The summed E-state index contributed by atoms with van der Waals surface area (Å²) in [5, 5.41) is 6.81. The molecule has 116 valence electrons. The van der Waals surface area contributed by atoms with Crippen molar-refractivity contribution in [2.75, 3.05) is 25.0 Å². The molecule has 1 saturated heterocycles. The number of rotatable bonds is 5. The quantitative estimate of drug-likeness (QED) is 0.922. The van der Waals surface area contributed by atoms with Crippen molar-refractivity contribution < 1.29 is 9.32 Å². The standard InChI is InChI=1S/C17H21N3O2/c1-13(12-20-9-5-6-10-20)17(21)18-16-11-15(19-22-16)14-7-3-2-4-8-14/h2-4,7-8,11,13H,5-6,9-10,12H2,1H3,(H,18,21). The summed E-state index contributed by atoms with van der Waals surface area (Å²) in [5.41, 5.74) is 1.69. The maximum Gasteiger partial charge on any atom is 0.231 e. The topological polar surface area (TPSA) is 58.4 Å². The molecule has 22 heavy (non-hydrogen) atoms. The van der Waals surface area contributed by atoms with Gasteiger partial charge in [0.1, 0.15) is 5.69 Å². The van der Waals surface area contributed by atoms with Gasteiger partial charge in [0.25, 0.3) is 0 Å². The summed E-state index contributed by atoms with van der Waals surface area (Å²) in [5.74, 6) is 0.308. The minimum Gasteiger partial charge on any atom is -0.338 e. The highest BCUT2D eigenvalue weighted by molar-refractivity contribution is 5.91. The van der Waals surface area contributed by atoms with Crippen LogP contribution in [0.2, 0.25) is 0 Å². The Labute approximate surface area is 130 Å². The molecule has 5 heteroatoms. The average Bonchev–Trinajstić information content (AvgIpc) is 3.20. The number of carbonyl (C=O) groups is 1. The van der Waals surface area contributed by atoms with Crippen molar-refractivity contribution in [1.29, 1.82) is 0 Å². The first-order chi connectivity index (χ1) is 10.7. The second-order valence-corrected chi connectivity index (χ2v) is 5.84. The number of hydrogen-bond acceptors (Lipinski definition) is 4. The molecule has 0 radical (unpaired) electrons. The zero-order valence-corrected chi connectivity index (χ0v) is 12.8. The number of anilines is 1.